The highest BCUT2D eigenvalue weighted by Gasteiger charge is 2.33. The van der Waals surface area contributed by atoms with Crippen LogP contribution in [0.3, 0.4) is 0 Å². The lowest BCUT2D eigenvalue weighted by Crippen LogP contribution is -2.18. The van der Waals surface area contributed by atoms with E-state index in [1.165, 1.54) is 0 Å². The molecule has 1 aromatic rings. The molecule has 0 aromatic heterocycles. The van der Waals surface area contributed by atoms with Crippen LogP contribution in [0.1, 0.15) is 17.3 Å². The van der Waals surface area contributed by atoms with E-state index in [0.29, 0.717) is 6.07 Å². The van der Waals surface area contributed by atoms with Crippen molar-refractivity contribution < 1.29 is 31.5 Å². The third-order valence-electron chi connectivity index (χ3n) is 1.65. The second-order valence-electron chi connectivity index (χ2n) is 2.84. The molecule has 0 saturated heterocycles. The zero-order chi connectivity index (χ0) is 12.5. The first-order chi connectivity index (χ1) is 7.22. The maximum absolute atomic E-state index is 13.0. The van der Waals surface area contributed by atoms with Crippen molar-refractivity contribution in [1.82, 2.24) is 0 Å². The van der Waals surface area contributed by atoms with Crippen LogP contribution in [-0.2, 0) is 0 Å². The molecular formula is C9H5F5O2. The van der Waals surface area contributed by atoms with Crippen LogP contribution in [0.2, 0.25) is 0 Å². The van der Waals surface area contributed by atoms with Crippen LogP contribution in [0.25, 0.3) is 0 Å². The molecular weight excluding hydrogens is 235 g/mol. The Morgan fingerprint density at radius 1 is 1.19 bits per heavy atom. The average Bonchev–Trinajstić information content (AvgIpc) is 2.10. The molecule has 0 N–H and O–H groups in total. The summed E-state index contributed by atoms with van der Waals surface area (Å²) < 4.78 is 64.5. The van der Waals surface area contributed by atoms with E-state index in [-0.39, 0.29) is 0 Å². The topological polar surface area (TPSA) is 26.3 Å². The van der Waals surface area contributed by atoms with Crippen LogP contribution < -0.4 is 4.74 Å². The third kappa shape index (κ3) is 2.68. The van der Waals surface area contributed by atoms with Gasteiger partial charge in [-0.05, 0) is 19.1 Å². The number of hydrogen-bond donors (Lipinski definition) is 0. The first-order valence-corrected chi connectivity index (χ1v) is 3.97. The van der Waals surface area contributed by atoms with Crippen LogP contribution in [0, 0.1) is 11.6 Å². The molecule has 0 bridgehead atoms. The van der Waals surface area contributed by atoms with Crippen molar-refractivity contribution in [3.8, 4) is 5.75 Å². The number of benzene rings is 1. The Morgan fingerprint density at radius 2 is 1.75 bits per heavy atom. The van der Waals surface area contributed by atoms with Crippen molar-refractivity contribution in [3.05, 3.63) is 29.3 Å². The SMILES string of the molecule is CC(=O)c1ccc(OC(F)(F)F)c(F)c1F. The van der Waals surface area contributed by atoms with Crippen molar-refractivity contribution in [2.45, 2.75) is 13.3 Å². The summed E-state index contributed by atoms with van der Waals surface area (Å²) in [6, 6.07) is 1.27. The molecule has 1 aromatic carbocycles. The number of ketones is 1. The summed E-state index contributed by atoms with van der Waals surface area (Å²) in [5, 5.41) is 0. The van der Waals surface area contributed by atoms with Crippen molar-refractivity contribution in [2.75, 3.05) is 0 Å². The third-order valence-corrected chi connectivity index (χ3v) is 1.65. The Bertz CT molecular complexity index is 425. The Labute approximate surface area is 86.6 Å². The molecule has 0 fully saturated rings. The first kappa shape index (κ1) is 12.4. The van der Waals surface area contributed by atoms with E-state index in [1.54, 1.807) is 0 Å². The molecule has 0 aliphatic heterocycles. The predicted octanol–water partition coefficient (Wildman–Crippen LogP) is 3.07. The molecule has 7 heteroatoms. The van der Waals surface area contributed by atoms with Crippen LogP contribution in [-0.4, -0.2) is 12.1 Å². The quantitative estimate of drug-likeness (QED) is 0.586. The number of carbonyl (C=O) groups is 1. The standard InChI is InChI=1S/C9H5F5O2/c1-4(15)5-2-3-6(8(11)7(5)10)16-9(12,13)14/h2-3H,1H3. The summed E-state index contributed by atoms with van der Waals surface area (Å²) in [6.07, 6.45) is -5.12. The van der Waals surface area contributed by atoms with E-state index in [4.69, 9.17) is 0 Å². The predicted molar refractivity (Wildman–Crippen MR) is 43.0 cm³/mol. The molecule has 2 nitrogen and oxygen atoms in total. The van der Waals surface area contributed by atoms with E-state index in [1.807, 2.05) is 0 Å². The van der Waals surface area contributed by atoms with Gasteiger partial charge in [0.1, 0.15) is 0 Å². The molecule has 0 aliphatic carbocycles. The minimum Gasteiger partial charge on any atom is -0.403 e. The van der Waals surface area contributed by atoms with Gasteiger partial charge in [-0.15, -0.1) is 13.2 Å². The highest BCUT2D eigenvalue weighted by atomic mass is 19.4. The van der Waals surface area contributed by atoms with Gasteiger partial charge in [-0.3, -0.25) is 4.79 Å². The minimum atomic E-state index is -5.12. The van der Waals surface area contributed by atoms with Gasteiger partial charge in [-0.1, -0.05) is 0 Å². The van der Waals surface area contributed by atoms with Crippen molar-refractivity contribution >= 4 is 5.78 Å². The van der Waals surface area contributed by atoms with E-state index < -0.39 is 35.1 Å². The van der Waals surface area contributed by atoms with Crippen molar-refractivity contribution in [1.29, 1.82) is 0 Å². The molecule has 16 heavy (non-hydrogen) atoms. The van der Waals surface area contributed by atoms with E-state index in [0.717, 1.165) is 13.0 Å². The first-order valence-electron chi connectivity index (χ1n) is 3.97. The summed E-state index contributed by atoms with van der Waals surface area (Å²) in [6.45, 7) is 0.960. The van der Waals surface area contributed by atoms with Gasteiger partial charge in [-0.2, -0.15) is 4.39 Å². The summed E-state index contributed by atoms with van der Waals surface area (Å²) in [5.74, 6) is -5.61. The Balaban J connectivity index is 3.17. The lowest BCUT2D eigenvalue weighted by Gasteiger charge is -2.10. The zero-order valence-corrected chi connectivity index (χ0v) is 7.86. The molecule has 0 saturated carbocycles. The molecule has 0 heterocycles. The van der Waals surface area contributed by atoms with Gasteiger partial charge in [0.2, 0.25) is 5.82 Å². The Morgan fingerprint density at radius 3 is 2.19 bits per heavy atom. The van der Waals surface area contributed by atoms with Gasteiger partial charge in [0, 0.05) is 0 Å². The van der Waals surface area contributed by atoms with Gasteiger partial charge >= 0.3 is 6.36 Å². The maximum atomic E-state index is 13.0. The van der Waals surface area contributed by atoms with Crippen LogP contribution in [0.4, 0.5) is 22.0 Å². The number of carbonyl (C=O) groups excluding carboxylic acids is 1. The fraction of sp³-hybridized carbons (Fsp3) is 0.222. The van der Waals surface area contributed by atoms with Crippen LogP contribution >= 0.6 is 0 Å². The number of alkyl halides is 3. The highest BCUT2D eigenvalue weighted by molar-refractivity contribution is 5.94. The van der Waals surface area contributed by atoms with Crippen molar-refractivity contribution in [3.63, 3.8) is 0 Å². The van der Waals surface area contributed by atoms with E-state index in [9.17, 15) is 26.7 Å². The van der Waals surface area contributed by atoms with E-state index in [2.05, 4.69) is 4.74 Å². The molecule has 0 unspecified atom stereocenters. The smallest absolute Gasteiger partial charge is 0.403 e. The van der Waals surface area contributed by atoms with Crippen LogP contribution in [0.15, 0.2) is 12.1 Å². The van der Waals surface area contributed by atoms with Gasteiger partial charge in [0.15, 0.2) is 17.3 Å². The van der Waals surface area contributed by atoms with Gasteiger partial charge in [-0.25, -0.2) is 4.39 Å². The molecule has 0 amide bonds. The summed E-state index contributed by atoms with van der Waals surface area (Å²) in [5.41, 5.74) is -0.632. The lowest BCUT2D eigenvalue weighted by atomic mass is 10.1. The normalized spacial score (nSPS) is 11.4. The highest BCUT2D eigenvalue weighted by Crippen LogP contribution is 2.28. The zero-order valence-electron chi connectivity index (χ0n) is 7.86. The van der Waals surface area contributed by atoms with Gasteiger partial charge in [0.25, 0.3) is 0 Å². The van der Waals surface area contributed by atoms with Gasteiger partial charge < -0.3 is 4.74 Å². The summed E-state index contributed by atoms with van der Waals surface area (Å²) >= 11 is 0. The monoisotopic (exact) mass is 240 g/mol. The number of ether oxygens (including phenoxy) is 1. The van der Waals surface area contributed by atoms with E-state index >= 15 is 0 Å². The number of halogens is 5. The molecule has 1 rings (SSSR count). The maximum Gasteiger partial charge on any atom is 0.573 e. The lowest BCUT2D eigenvalue weighted by molar-refractivity contribution is -0.275. The number of rotatable bonds is 2. The van der Waals surface area contributed by atoms with Crippen LogP contribution in [0.5, 0.6) is 5.75 Å². The second-order valence-corrected chi connectivity index (χ2v) is 2.84. The summed E-state index contributed by atoms with van der Waals surface area (Å²) in [4.78, 5) is 10.7. The fourth-order valence-corrected chi connectivity index (χ4v) is 1.01. The molecule has 88 valence electrons. The number of Topliss-reactive ketones (excluding diaryl/α,β-unsaturated/α-hetero) is 1. The molecule has 0 aliphatic rings. The molecule has 0 radical (unpaired) electrons. The largest absolute Gasteiger partial charge is 0.573 e. The molecule has 0 atom stereocenters. The molecule has 0 spiro atoms. The minimum absolute atomic E-state index is 0.544. The summed E-state index contributed by atoms with van der Waals surface area (Å²) in [7, 11) is 0. The van der Waals surface area contributed by atoms with Crippen molar-refractivity contribution in [2.24, 2.45) is 0 Å². The average molecular weight is 240 g/mol. The Hall–Kier alpha value is -1.66. The Kier molecular flexibility index (Phi) is 3.16. The fourth-order valence-electron chi connectivity index (χ4n) is 1.01. The van der Waals surface area contributed by atoms with Gasteiger partial charge in [0.05, 0.1) is 5.56 Å². The number of hydrogen-bond acceptors (Lipinski definition) is 2. The second kappa shape index (κ2) is 4.07.